The van der Waals surface area contributed by atoms with Crippen molar-refractivity contribution < 1.29 is 19.4 Å². The van der Waals surface area contributed by atoms with E-state index in [0.717, 1.165) is 6.08 Å². The number of aromatic amines is 1. The lowest BCUT2D eigenvalue weighted by atomic mass is 10.4. The Kier molecular flexibility index (Phi) is 3.06. The number of carbonyl (C=O) groups excluding carboxylic acids is 1. The van der Waals surface area contributed by atoms with Crippen molar-refractivity contribution in [1.82, 2.24) is 4.98 Å². The molecule has 74 valence electrons. The molecule has 0 aliphatic rings. The average Bonchev–Trinajstić information content (AvgIpc) is 2.62. The first-order chi connectivity index (χ1) is 6.63. The molecule has 5 nitrogen and oxygen atoms in total. The highest BCUT2D eigenvalue weighted by molar-refractivity contribution is 5.88. The van der Waals surface area contributed by atoms with Crippen molar-refractivity contribution in [3.63, 3.8) is 0 Å². The molecular formula is C9H9NO4. The Bertz CT molecular complexity index is 378. The van der Waals surface area contributed by atoms with Gasteiger partial charge in [-0.25, -0.2) is 9.59 Å². The van der Waals surface area contributed by atoms with Gasteiger partial charge in [0.2, 0.25) is 0 Å². The van der Waals surface area contributed by atoms with Crippen LogP contribution in [0.4, 0.5) is 0 Å². The number of nitrogens with one attached hydrogen (secondary N) is 1. The van der Waals surface area contributed by atoms with Crippen LogP contribution in [0.1, 0.15) is 16.2 Å². The normalized spacial score (nSPS) is 10.4. The Hall–Kier alpha value is -2.04. The number of carbonyl (C=O) groups is 2. The minimum Gasteiger partial charge on any atom is -0.478 e. The lowest BCUT2D eigenvalue weighted by Crippen LogP contribution is -2.00. The molecule has 0 aliphatic carbocycles. The van der Waals surface area contributed by atoms with Crippen LogP contribution in [0.3, 0.4) is 0 Å². The highest BCUT2D eigenvalue weighted by Crippen LogP contribution is 2.04. The summed E-state index contributed by atoms with van der Waals surface area (Å²) in [7, 11) is 1.27. The van der Waals surface area contributed by atoms with Crippen LogP contribution in [0.25, 0.3) is 6.08 Å². The fourth-order valence-corrected chi connectivity index (χ4v) is 0.899. The summed E-state index contributed by atoms with van der Waals surface area (Å²) in [5.74, 6) is -1.53. The zero-order valence-corrected chi connectivity index (χ0v) is 7.48. The molecule has 14 heavy (non-hydrogen) atoms. The first-order valence-electron chi connectivity index (χ1n) is 3.82. The zero-order chi connectivity index (χ0) is 10.6. The molecule has 0 radical (unpaired) electrons. The molecule has 0 atom stereocenters. The number of methoxy groups -OCH3 is 1. The maximum atomic E-state index is 11.0. The van der Waals surface area contributed by atoms with Crippen LogP contribution in [-0.4, -0.2) is 29.1 Å². The molecule has 5 heteroatoms. The lowest BCUT2D eigenvalue weighted by molar-refractivity contribution is -0.131. The van der Waals surface area contributed by atoms with Gasteiger partial charge < -0.3 is 14.8 Å². The van der Waals surface area contributed by atoms with Gasteiger partial charge in [0.25, 0.3) is 0 Å². The third kappa shape index (κ3) is 2.48. The average molecular weight is 195 g/mol. The Morgan fingerprint density at radius 3 is 2.79 bits per heavy atom. The third-order valence-corrected chi connectivity index (χ3v) is 1.52. The summed E-state index contributed by atoms with van der Waals surface area (Å²) >= 11 is 0. The van der Waals surface area contributed by atoms with Crippen LogP contribution in [0, 0.1) is 0 Å². The number of aromatic nitrogens is 1. The van der Waals surface area contributed by atoms with Crippen LogP contribution in [0.2, 0.25) is 0 Å². The predicted octanol–water partition coefficient (Wildman–Crippen LogP) is 0.899. The molecule has 0 aliphatic heterocycles. The quantitative estimate of drug-likeness (QED) is 0.554. The minimum atomic E-state index is -1.04. The highest BCUT2D eigenvalue weighted by atomic mass is 16.5. The largest absolute Gasteiger partial charge is 0.478 e. The van der Waals surface area contributed by atoms with E-state index >= 15 is 0 Å². The number of hydrogen-bond acceptors (Lipinski definition) is 3. The van der Waals surface area contributed by atoms with E-state index < -0.39 is 11.9 Å². The Labute approximate surface area is 80.0 Å². The van der Waals surface area contributed by atoms with Crippen LogP contribution < -0.4 is 0 Å². The van der Waals surface area contributed by atoms with Gasteiger partial charge >= 0.3 is 11.9 Å². The zero-order valence-electron chi connectivity index (χ0n) is 7.48. The van der Waals surface area contributed by atoms with E-state index in [0.29, 0.717) is 5.69 Å². The topological polar surface area (TPSA) is 79.4 Å². The number of ether oxygens (including phenoxy) is 1. The van der Waals surface area contributed by atoms with E-state index in [1.165, 1.54) is 19.3 Å². The number of esters is 1. The second-order valence-corrected chi connectivity index (χ2v) is 2.49. The summed E-state index contributed by atoms with van der Waals surface area (Å²) < 4.78 is 4.46. The van der Waals surface area contributed by atoms with Gasteiger partial charge in [0.1, 0.15) is 5.69 Å². The van der Waals surface area contributed by atoms with Crippen molar-refractivity contribution in [2.75, 3.05) is 7.11 Å². The van der Waals surface area contributed by atoms with Crippen molar-refractivity contribution in [3.8, 4) is 0 Å². The number of carboxylic acids is 1. The van der Waals surface area contributed by atoms with Crippen molar-refractivity contribution in [3.05, 3.63) is 29.6 Å². The molecule has 0 saturated heterocycles. The fourth-order valence-electron chi connectivity index (χ4n) is 0.899. The van der Waals surface area contributed by atoms with Gasteiger partial charge in [-0.1, -0.05) is 0 Å². The fraction of sp³-hybridized carbons (Fsp3) is 0.111. The standard InChI is InChI=1S/C9H9NO4/c1-14-9(13)7-4-2-6(10-7)3-5-8(11)12/h2-5,10H,1H3,(H,11,12). The van der Waals surface area contributed by atoms with E-state index in [4.69, 9.17) is 5.11 Å². The van der Waals surface area contributed by atoms with E-state index in [-0.39, 0.29) is 5.69 Å². The van der Waals surface area contributed by atoms with Crippen LogP contribution in [0.5, 0.6) is 0 Å². The summed E-state index contributed by atoms with van der Waals surface area (Å²) in [6.07, 6.45) is 2.33. The van der Waals surface area contributed by atoms with E-state index in [1.807, 2.05) is 0 Å². The number of rotatable bonds is 3. The molecule has 1 aromatic rings. The molecule has 0 fully saturated rings. The molecule has 1 rings (SSSR count). The van der Waals surface area contributed by atoms with Crippen LogP contribution in [0.15, 0.2) is 18.2 Å². The molecule has 2 N–H and O–H groups in total. The molecule has 1 aromatic heterocycles. The van der Waals surface area contributed by atoms with Gasteiger partial charge in [0.15, 0.2) is 0 Å². The smallest absolute Gasteiger partial charge is 0.354 e. The predicted molar refractivity (Wildman–Crippen MR) is 48.8 cm³/mol. The molecule has 0 unspecified atom stereocenters. The van der Waals surface area contributed by atoms with Gasteiger partial charge in [0.05, 0.1) is 7.11 Å². The van der Waals surface area contributed by atoms with E-state index in [9.17, 15) is 9.59 Å². The second kappa shape index (κ2) is 4.27. The lowest BCUT2D eigenvalue weighted by Gasteiger charge is -1.92. The van der Waals surface area contributed by atoms with Crippen molar-refractivity contribution in [2.45, 2.75) is 0 Å². The molecule has 0 bridgehead atoms. The molecule has 0 amide bonds. The van der Waals surface area contributed by atoms with Gasteiger partial charge in [-0.3, -0.25) is 0 Å². The second-order valence-electron chi connectivity index (χ2n) is 2.49. The maximum absolute atomic E-state index is 11.0. The summed E-state index contributed by atoms with van der Waals surface area (Å²) in [4.78, 5) is 23.8. The van der Waals surface area contributed by atoms with Gasteiger partial charge in [-0.15, -0.1) is 0 Å². The third-order valence-electron chi connectivity index (χ3n) is 1.52. The highest BCUT2D eigenvalue weighted by Gasteiger charge is 2.06. The summed E-state index contributed by atoms with van der Waals surface area (Å²) in [5.41, 5.74) is 0.824. The molecule has 0 saturated carbocycles. The SMILES string of the molecule is COC(=O)c1ccc(C=CC(=O)O)[nH]1. The number of hydrogen-bond donors (Lipinski definition) is 2. The summed E-state index contributed by atoms with van der Waals surface area (Å²) in [6.45, 7) is 0. The van der Waals surface area contributed by atoms with Gasteiger partial charge in [0, 0.05) is 11.8 Å². The van der Waals surface area contributed by atoms with Crippen molar-refractivity contribution in [2.24, 2.45) is 0 Å². The van der Waals surface area contributed by atoms with Crippen molar-refractivity contribution >= 4 is 18.0 Å². The Balaban J connectivity index is 2.78. The summed E-state index contributed by atoms with van der Waals surface area (Å²) in [6, 6.07) is 3.11. The molecule has 1 heterocycles. The first kappa shape index (κ1) is 10.0. The first-order valence-corrected chi connectivity index (χ1v) is 3.82. The minimum absolute atomic E-state index is 0.289. The monoisotopic (exact) mass is 195 g/mol. The maximum Gasteiger partial charge on any atom is 0.354 e. The molecule has 0 aromatic carbocycles. The Morgan fingerprint density at radius 2 is 2.21 bits per heavy atom. The van der Waals surface area contributed by atoms with Gasteiger partial charge in [-0.2, -0.15) is 0 Å². The molecular weight excluding hydrogens is 186 g/mol. The van der Waals surface area contributed by atoms with Crippen LogP contribution in [-0.2, 0) is 9.53 Å². The summed E-state index contributed by atoms with van der Waals surface area (Å²) in [5, 5.41) is 8.34. The van der Waals surface area contributed by atoms with E-state index in [2.05, 4.69) is 9.72 Å². The number of H-pyrrole nitrogens is 1. The number of aliphatic carboxylic acids is 1. The molecule has 0 spiro atoms. The van der Waals surface area contributed by atoms with E-state index in [1.54, 1.807) is 6.07 Å². The van der Waals surface area contributed by atoms with Crippen molar-refractivity contribution in [1.29, 1.82) is 0 Å². The Morgan fingerprint density at radius 1 is 1.50 bits per heavy atom. The van der Waals surface area contributed by atoms with Gasteiger partial charge in [-0.05, 0) is 18.2 Å². The van der Waals surface area contributed by atoms with Crippen LogP contribution >= 0.6 is 0 Å². The number of carboxylic acid groups (broad SMARTS) is 1.